The van der Waals surface area contributed by atoms with E-state index in [4.69, 9.17) is 8.19 Å². The normalized spacial score (nSPS) is 11.2. The van der Waals surface area contributed by atoms with E-state index in [0.717, 1.165) is 0 Å². The SMILES string of the molecule is O=Nc1ccccc1[As](=O)(O)O. The molecule has 12 heavy (non-hydrogen) atoms. The average molecular weight is 231 g/mol. The Morgan fingerprint density at radius 1 is 1.25 bits per heavy atom. The molecule has 0 bridgehead atoms. The number of nitroso groups, excluding NO2 is 1. The maximum atomic E-state index is 10.8. The molecule has 0 radical (unpaired) electrons. The summed E-state index contributed by atoms with van der Waals surface area (Å²) in [5, 5.41) is 2.51. The summed E-state index contributed by atoms with van der Waals surface area (Å²) in [4.78, 5) is 10.1. The summed E-state index contributed by atoms with van der Waals surface area (Å²) >= 11 is -4.97. The van der Waals surface area contributed by atoms with Crippen LogP contribution in [0, 0.1) is 4.91 Å². The van der Waals surface area contributed by atoms with Crippen LogP contribution in [0.1, 0.15) is 0 Å². The summed E-state index contributed by atoms with van der Waals surface area (Å²) in [6.07, 6.45) is 0. The van der Waals surface area contributed by atoms with Crippen LogP contribution in [0.5, 0.6) is 0 Å². The molecular weight excluding hydrogens is 225 g/mol. The Morgan fingerprint density at radius 2 is 1.83 bits per heavy atom. The molecule has 0 unspecified atom stereocenters. The van der Waals surface area contributed by atoms with Crippen LogP contribution in [0.15, 0.2) is 29.4 Å². The van der Waals surface area contributed by atoms with E-state index in [1.807, 2.05) is 0 Å². The van der Waals surface area contributed by atoms with E-state index in [1.165, 1.54) is 24.3 Å². The van der Waals surface area contributed by atoms with Crippen molar-refractivity contribution in [2.45, 2.75) is 0 Å². The van der Waals surface area contributed by atoms with Gasteiger partial charge in [0.1, 0.15) is 0 Å². The first-order chi connectivity index (χ1) is 5.55. The molecule has 6 heteroatoms. The first-order valence-corrected chi connectivity index (χ1v) is 6.42. The number of nitrogens with zero attached hydrogens (tertiary/aromatic N) is 1. The third-order valence-electron chi connectivity index (χ3n) is 1.29. The van der Waals surface area contributed by atoms with Crippen LogP contribution >= 0.6 is 0 Å². The van der Waals surface area contributed by atoms with E-state index in [9.17, 15) is 8.65 Å². The summed E-state index contributed by atoms with van der Waals surface area (Å²) in [5.41, 5.74) is -0.190. The molecular formula is C6H6AsNO4. The van der Waals surface area contributed by atoms with E-state index in [2.05, 4.69) is 5.18 Å². The minimum absolute atomic E-state index is 0.190. The van der Waals surface area contributed by atoms with Crippen LogP contribution < -0.4 is 4.35 Å². The third-order valence-corrected chi connectivity index (χ3v) is 3.40. The molecule has 1 aromatic rings. The van der Waals surface area contributed by atoms with Crippen LogP contribution in [0.25, 0.3) is 0 Å². The third kappa shape index (κ3) is 1.82. The molecule has 0 saturated carbocycles. The Bertz CT molecular complexity index is 345. The number of rotatable bonds is 2. The van der Waals surface area contributed by atoms with E-state index in [1.54, 1.807) is 0 Å². The predicted molar refractivity (Wildman–Crippen MR) is 42.4 cm³/mol. The van der Waals surface area contributed by atoms with Gasteiger partial charge in [0.15, 0.2) is 0 Å². The molecule has 0 atom stereocenters. The van der Waals surface area contributed by atoms with Gasteiger partial charge in [-0.3, -0.25) is 0 Å². The molecule has 0 aliphatic rings. The first kappa shape index (κ1) is 9.19. The second-order valence-electron chi connectivity index (χ2n) is 2.12. The molecule has 64 valence electrons. The van der Waals surface area contributed by atoms with Crippen molar-refractivity contribution in [2.75, 3.05) is 0 Å². The fraction of sp³-hybridized carbons (Fsp3) is 0. The number of hydrogen-bond donors (Lipinski definition) is 2. The van der Waals surface area contributed by atoms with Gasteiger partial charge in [0.05, 0.1) is 0 Å². The molecule has 2 N–H and O–H groups in total. The Labute approximate surface area is 71.0 Å². The van der Waals surface area contributed by atoms with Gasteiger partial charge in [0.25, 0.3) is 0 Å². The van der Waals surface area contributed by atoms with Gasteiger partial charge in [-0.2, -0.15) is 0 Å². The van der Waals surface area contributed by atoms with Gasteiger partial charge in [-0.25, -0.2) is 0 Å². The fourth-order valence-corrected chi connectivity index (χ4v) is 2.24. The van der Waals surface area contributed by atoms with Gasteiger partial charge in [-0.1, -0.05) is 0 Å². The van der Waals surface area contributed by atoms with E-state index in [-0.39, 0.29) is 10.0 Å². The summed E-state index contributed by atoms with van der Waals surface area (Å²) < 4.78 is 28.0. The summed E-state index contributed by atoms with van der Waals surface area (Å²) in [6.45, 7) is 0. The standard InChI is InChI=1S/C6H6AsNO4/c9-7(10,11)5-3-1-2-4-6(5)8-12/h1-4H,(H2,9,10,11). The second kappa shape index (κ2) is 3.23. The monoisotopic (exact) mass is 231 g/mol. The zero-order valence-corrected chi connectivity index (χ0v) is 7.79. The molecule has 0 spiro atoms. The van der Waals surface area contributed by atoms with Crippen LogP contribution in [0.3, 0.4) is 0 Å². The van der Waals surface area contributed by atoms with Gasteiger partial charge in [-0.05, 0) is 0 Å². The van der Waals surface area contributed by atoms with Crippen molar-refractivity contribution in [2.24, 2.45) is 5.18 Å². The van der Waals surface area contributed by atoms with Crippen molar-refractivity contribution < 1.29 is 11.9 Å². The Balaban J connectivity index is 3.33. The van der Waals surface area contributed by atoms with Crippen molar-refractivity contribution in [3.05, 3.63) is 29.2 Å². The summed E-state index contributed by atoms with van der Waals surface area (Å²) in [7, 11) is 0. The minimum atomic E-state index is -4.97. The van der Waals surface area contributed by atoms with Gasteiger partial charge in [-0.15, -0.1) is 0 Å². The molecule has 0 heterocycles. The molecule has 0 aliphatic heterocycles. The molecule has 0 aromatic heterocycles. The molecule has 1 rings (SSSR count). The Hall–Kier alpha value is -0.902. The van der Waals surface area contributed by atoms with Crippen molar-refractivity contribution in [3.8, 4) is 0 Å². The van der Waals surface area contributed by atoms with Crippen molar-refractivity contribution in [3.63, 3.8) is 0 Å². The van der Waals surface area contributed by atoms with Gasteiger partial charge in [0, 0.05) is 0 Å². The molecule has 0 aliphatic carbocycles. The Morgan fingerprint density at radius 3 is 2.25 bits per heavy atom. The molecule has 0 fully saturated rings. The van der Waals surface area contributed by atoms with Gasteiger partial charge in [0.2, 0.25) is 0 Å². The zero-order valence-electron chi connectivity index (χ0n) is 5.91. The average Bonchev–Trinajstić information content (AvgIpc) is 2.03. The van der Waals surface area contributed by atoms with Crippen LogP contribution in [-0.2, 0) is 3.74 Å². The summed E-state index contributed by atoms with van der Waals surface area (Å²) in [6, 6.07) is 5.41. The van der Waals surface area contributed by atoms with Gasteiger partial charge >= 0.3 is 70.5 Å². The molecule has 0 saturated heterocycles. The summed E-state index contributed by atoms with van der Waals surface area (Å²) in [5.74, 6) is 0. The maximum absolute atomic E-state index is 10.8. The van der Waals surface area contributed by atoms with Crippen molar-refractivity contribution in [1.82, 2.24) is 0 Å². The van der Waals surface area contributed by atoms with E-state index in [0.29, 0.717) is 0 Å². The molecule has 5 nitrogen and oxygen atoms in total. The quantitative estimate of drug-likeness (QED) is 0.537. The molecule has 1 aromatic carbocycles. The van der Waals surface area contributed by atoms with Crippen LogP contribution in [0.4, 0.5) is 5.69 Å². The second-order valence-corrected chi connectivity index (χ2v) is 5.42. The number of hydrogen-bond acceptors (Lipinski definition) is 3. The zero-order chi connectivity index (χ0) is 9.19. The Kier molecular flexibility index (Phi) is 2.47. The van der Waals surface area contributed by atoms with Crippen molar-refractivity contribution >= 4 is 24.2 Å². The van der Waals surface area contributed by atoms with Gasteiger partial charge < -0.3 is 0 Å². The van der Waals surface area contributed by atoms with Crippen molar-refractivity contribution in [1.29, 1.82) is 0 Å². The predicted octanol–water partition coefficient (Wildman–Crippen LogP) is -0.355. The first-order valence-electron chi connectivity index (χ1n) is 3.04. The fourth-order valence-electron chi connectivity index (χ4n) is 0.788. The van der Waals surface area contributed by atoms with E-state index >= 15 is 0 Å². The van der Waals surface area contributed by atoms with Crippen LogP contribution in [-0.4, -0.2) is 22.4 Å². The van der Waals surface area contributed by atoms with Crippen LogP contribution in [0.2, 0.25) is 0 Å². The van der Waals surface area contributed by atoms with E-state index < -0.39 is 14.2 Å². The number of benzene rings is 1. The topological polar surface area (TPSA) is 87.0 Å². The molecule has 0 amide bonds.